The van der Waals surface area contributed by atoms with Crippen molar-refractivity contribution in [2.75, 3.05) is 0 Å². The molecule has 0 N–H and O–H groups in total. The van der Waals surface area contributed by atoms with Gasteiger partial charge in [0, 0.05) is 12.5 Å². The van der Waals surface area contributed by atoms with Gasteiger partial charge in [0.15, 0.2) is 0 Å². The monoisotopic (exact) mass is 213 g/mol. The summed E-state index contributed by atoms with van der Waals surface area (Å²) in [4.78, 5) is 3.28. The number of rotatable bonds is 1. The normalized spacial score (nSPS) is 13.3. The Morgan fingerprint density at radius 1 is 1.33 bits per heavy atom. The first-order valence-corrected chi connectivity index (χ1v) is 4.40. The first kappa shape index (κ1) is 11.6. The average Bonchev–Trinajstić information content (AvgIpc) is 2.15. The van der Waals surface area contributed by atoms with Crippen LogP contribution in [0.2, 0.25) is 0 Å². The molecule has 0 aromatic heterocycles. The van der Waals surface area contributed by atoms with Crippen molar-refractivity contribution in [3.8, 4) is 0 Å². The predicted molar refractivity (Wildman–Crippen MR) is 51.2 cm³/mol. The van der Waals surface area contributed by atoms with Crippen LogP contribution in [-0.2, 0) is 6.18 Å². The largest absolute Gasteiger partial charge is 0.416 e. The molecule has 0 saturated carbocycles. The van der Waals surface area contributed by atoms with E-state index in [9.17, 15) is 13.2 Å². The Hall–Kier alpha value is -1.50. The lowest BCUT2D eigenvalue weighted by Gasteiger charge is -2.10. The third kappa shape index (κ3) is 2.50. The van der Waals surface area contributed by atoms with Crippen molar-refractivity contribution in [2.45, 2.75) is 26.1 Å². The Balaban J connectivity index is 3.16. The average molecular weight is 213 g/mol. The second-order valence-electron chi connectivity index (χ2n) is 3.37. The molecule has 4 heteroatoms. The number of alkyl halides is 3. The zero-order valence-electron chi connectivity index (χ0n) is 8.39. The lowest BCUT2D eigenvalue weighted by Crippen LogP contribution is -2.06. The summed E-state index contributed by atoms with van der Waals surface area (Å²) in [5, 5.41) is 0. The van der Waals surface area contributed by atoms with Gasteiger partial charge in [0.25, 0.3) is 0 Å². The molecule has 1 rings (SSSR count). The van der Waals surface area contributed by atoms with Gasteiger partial charge in [-0.15, -0.1) is 0 Å². The van der Waals surface area contributed by atoms with Gasteiger partial charge in [0.1, 0.15) is 0 Å². The Kier molecular flexibility index (Phi) is 3.04. The summed E-state index contributed by atoms with van der Waals surface area (Å²) in [5.41, 5.74) is 0.493. The number of benzene rings is 1. The van der Waals surface area contributed by atoms with Gasteiger partial charge in [0.05, 0.1) is 5.56 Å². The highest BCUT2D eigenvalue weighted by molar-refractivity contribution is 5.35. The molecule has 15 heavy (non-hydrogen) atoms. The number of hydrogen-bond acceptors (Lipinski definition) is 0. The van der Waals surface area contributed by atoms with Crippen LogP contribution >= 0.6 is 0 Å². The summed E-state index contributed by atoms with van der Waals surface area (Å²) in [6.45, 7) is 10.1. The van der Waals surface area contributed by atoms with E-state index in [1.54, 1.807) is 13.8 Å². The third-order valence-corrected chi connectivity index (χ3v) is 2.24. The second-order valence-corrected chi connectivity index (χ2v) is 3.37. The minimum atomic E-state index is -4.31. The van der Waals surface area contributed by atoms with Crippen LogP contribution in [-0.4, -0.2) is 0 Å². The number of hydrogen-bond donors (Lipinski definition) is 0. The summed E-state index contributed by atoms with van der Waals surface area (Å²) >= 11 is 0. The highest BCUT2D eigenvalue weighted by atomic mass is 19.4. The standard InChI is InChI=1S/C11H10F3N/c1-7-6-9(11(12,13)14)4-5-10(7)8(2)15-3/h4-6,8H,1-2H3. The van der Waals surface area contributed by atoms with E-state index in [2.05, 4.69) is 4.85 Å². The van der Waals surface area contributed by atoms with Crippen LogP contribution < -0.4 is 0 Å². The molecule has 1 atom stereocenters. The van der Waals surface area contributed by atoms with Gasteiger partial charge in [-0.3, -0.25) is 0 Å². The first-order valence-electron chi connectivity index (χ1n) is 4.40. The Bertz CT molecular complexity index is 401. The maximum atomic E-state index is 12.3. The van der Waals surface area contributed by atoms with Crippen molar-refractivity contribution in [1.82, 2.24) is 0 Å². The predicted octanol–water partition coefficient (Wildman–Crippen LogP) is 3.99. The molecule has 0 aliphatic carbocycles. The van der Waals surface area contributed by atoms with E-state index in [0.717, 1.165) is 12.1 Å². The van der Waals surface area contributed by atoms with Gasteiger partial charge in [0.2, 0.25) is 6.04 Å². The molecule has 0 radical (unpaired) electrons. The maximum Gasteiger partial charge on any atom is 0.416 e. The van der Waals surface area contributed by atoms with E-state index < -0.39 is 17.8 Å². The summed E-state index contributed by atoms with van der Waals surface area (Å²) < 4.78 is 37.0. The molecule has 0 aliphatic heterocycles. The molecule has 1 aromatic rings. The minimum absolute atomic E-state index is 0.396. The molecule has 1 aromatic carbocycles. The molecule has 0 amide bonds. The van der Waals surface area contributed by atoms with E-state index >= 15 is 0 Å². The minimum Gasteiger partial charge on any atom is -0.309 e. The van der Waals surface area contributed by atoms with E-state index in [1.807, 2.05) is 0 Å². The van der Waals surface area contributed by atoms with Crippen molar-refractivity contribution >= 4 is 0 Å². The SMILES string of the molecule is [C-]#[N+]C(C)c1ccc(C(F)(F)F)cc1C. The van der Waals surface area contributed by atoms with Crippen LogP contribution in [0, 0.1) is 13.5 Å². The fourth-order valence-corrected chi connectivity index (χ4v) is 1.39. The smallest absolute Gasteiger partial charge is 0.309 e. The highest BCUT2D eigenvalue weighted by Gasteiger charge is 2.31. The molecule has 1 unspecified atom stereocenters. The zero-order chi connectivity index (χ0) is 11.6. The number of halogens is 3. The summed E-state index contributed by atoms with van der Waals surface area (Å²) in [6.07, 6.45) is -4.31. The fourth-order valence-electron chi connectivity index (χ4n) is 1.39. The van der Waals surface area contributed by atoms with Gasteiger partial charge < -0.3 is 4.85 Å². The van der Waals surface area contributed by atoms with Gasteiger partial charge in [-0.1, -0.05) is 6.07 Å². The Labute approximate surface area is 86.4 Å². The number of nitrogens with zero attached hydrogens (tertiary/aromatic N) is 1. The molecule has 0 heterocycles. The second kappa shape index (κ2) is 3.93. The molecular weight excluding hydrogens is 203 g/mol. The Morgan fingerprint density at radius 2 is 1.93 bits per heavy atom. The van der Waals surface area contributed by atoms with E-state index in [0.29, 0.717) is 11.1 Å². The topological polar surface area (TPSA) is 4.36 Å². The van der Waals surface area contributed by atoms with E-state index in [1.165, 1.54) is 6.07 Å². The van der Waals surface area contributed by atoms with Crippen LogP contribution in [0.5, 0.6) is 0 Å². The van der Waals surface area contributed by atoms with Crippen LogP contribution in [0.15, 0.2) is 18.2 Å². The summed E-state index contributed by atoms with van der Waals surface area (Å²) in [6, 6.07) is 3.08. The molecule has 0 aliphatic rings. The zero-order valence-corrected chi connectivity index (χ0v) is 8.39. The van der Waals surface area contributed by atoms with Crippen LogP contribution in [0.4, 0.5) is 13.2 Å². The van der Waals surface area contributed by atoms with Gasteiger partial charge >= 0.3 is 6.18 Å². The van der Waals surface area contributed by atoms with Gasteiger partial charge in [-0.25, -0.2) is 6.57 Å². The lowest BCUT2D eigenvalue weighted by molar-refractivity contribution is -0.137. The quantitative estimate of drug-likeness (QED) is 0.621. The summed E-state index contributed by atoms with van der Waals surface area (Å²) in [7, 11) is 0. The van der Waals surface area contributed by atoms with E-state index in [-0.39, 0.29) is 0 Å². The molecule has 1 nitrogen and oxygen atoms in total. The third-order valence-electron chi connectivity index (χ3n) is 2.24. The fraction of sp³-hybridized carbons (Fsp3) is 0.364. The van der Waals surface area contributed by atoms with Crippen molar-refractivity contribution in [3.05, 3.63) is 46.3 Å². The number of aryl methyl sites for hydroxylation is 1. The Morgan fingerprint density at radius 3 is 2.33 bits per heavy atom. The van der Waals surface area contributed by atoms with Crippen LogP contribution in [0.3, 0.4) is 0 Å². The van der Waals surface area contributed by atoms with Crippen molar-refractivity contribution in [2.24, 2.45) is 0 Å². The molecule has 0 bridgehead atoms. The summed E-state index contributed by atoms with van der Waals surface area (Å²) in [5.74, 6) is 0. The molecule has 0 spiro atoms. The highest BCUT2D eigenvalue weighted by Crippen LogP contribution is 2.32. The van der Waals surface area contributed by atoms with Crippen LogP contribution in [0.1, 0.15) is 29.7 Å². The molecule has 80 valence electrons. The van der Waals surface area contributed by atoms with Gasteiger partial charge in [-0.2, -0.15) is 13.2 Å². The van der Waals surface area contributed by atoms with Crippen molar-refractivity contribution in [1.29, 1.82) is 0 Å². The lowest BCUT2D eigenvalue weighted by atomic mass is 10.0. The van der Waals surface area contributed by atoms with Crippen LogP contribution in [0.25, 0.3) is 4.85 Å². The molecule has 0 saturated heterocycles. The first-order chi connectivity index (χ1) is 6.86. The van der Waals surface area contributed by atoms with Crippen molar-refractivity contribution in [3.63, 3.8) is 0 Å². The maximum absolute atomic E-state index is 12.3. The molecule has 0 fully saturated rings. The van der Waals surface area contributed by atoms with Gasteiger partial charge in [-0.05, 0) is 24.6 Å². The van der Waals surface area contributed by atoms with Crippen molar-refractivity contribution < 1.29 is 13.2 Å². The molecular formula is C11H10F3N. The van der Waals surface area contributed by atoms with E-state index in [4.69, 9.17) is 6.57 Å².